The summed E-state index contributed by atoms with van der Waals surface area (Å²) in [5.74, 6) is -0.587. The van der Waals surface area contributed by atoms with Crippen LogP contribution in [-0.4, -0.2) is 22.8 Å². The Morgan fingerprint density at radius 2 is 1.66 bits per heavy atom. The Labute approximate surface area is 175 Å². The predicted octanol–water partition coefficient (Wildman–Crippen LogP) is 4.86. The summed E-state index contributed by atoms with van der Waals surface area (Å²) in [5.41, 5.74) is 3.50. The molecule has 2 aromatic carbocycles. The Balaban J connectivity index is 1.59. The van der Waals surface area contributed by atoms with Crippen molar-refractivity contribution in [2.45, 2.75) is 39.2 Å². The summed E-state index contributed by atoms with van der Waals surface area (Å²) in [6.45, 7) is 8.02. The van der Waals surface area contributed by atoms with Crippen molar-refractivity contribution in [3.8, 4) is 11.3 Å². The SMILES string of the molecule is C[C@@H](NC(=O)c1ccc(C(C)(C)C)cc1)C(=O)Nc1nc(-c2ccccc2)cs1. The molecule has 0 unspecified atom stereocenters. The van der Waals surface area contributed by atoms with Gasteiger partial charge >= 0.3 is 0 Å². The lowest BCUT2D eigenvalue weighted by Gasteiger charge is -2.19. The number of carbonyl (C=O) groups is 2. The molecule has 1 heterocycles. The number of hydrogen-bond acceptors (Lipinski definition) is 4. The maximum atomic E-state index is 12.5. The maximum Gasteiger partial charge on any atom is 0.251 e. The molecule has 0 bridgehead atoms. The van der Waals surface area contributed by atoms with E-state index in [1.165, 1.54) is 11.3 Å². The minimum Gasteiger partial charge on any atom is -0.341 e. The number of thiazole rings is 1. The monoisotopic (exact) mass is 407 g/mol. The summed E-state index contributed by atoms with van der Waals surface area (Å²) < 4.78 is 0. The van der Waals surface area contributed by atoms with Crippen molar-refractivity contribution in [3.05, 3.63) is 71.1 Å². The van der Waals surface area contributed by atoms with E-state index in [-0.39, 0.29) is 17.2 Å². The predicted molar refractivity (Wildman–Crippen MR) is 118 cm³/mol. The smallest absolute Gasteiger partial charge is 0.251 e. The number of carbonyl (C=O) groups excluding carboxylic acids is 2. The van der Waals surface area contributed by atoms with Crippen LogP contribution >= 0.6 is 11.3 Å². The number of anilines is 1. The minimum absolute atomic E-state index is 0.0223. The summed E-state index contributed by atoms with van der Waals surface area (Å²) in [6, 6.07) is 16.5. The molecule has 1 aromatic heterocycles. The van der Waals surface area contributed by atoms with Crippen molar-refractivity contribution in [2.24, 2.45) is 0 Å². The highest BCUT2D eigenvalue weighted by molar-refractivity contribution is 7.14. The van der Waals surface area contributed by atoms with Gasteiger partial charge < -0.3 is 10.6 Å². The molecule has 1 atom stereocenters. The van der Waals surface area contributed by atoms with E-state index < -0.39 is 6.04 Å². The lowest BCUT2D eigenvalue weighted by atomic mass is 9.86. The molecular weight excluding hydrogens is 382 g/mol. The zero-order chi connectivity index (χ0) is 21.0. The van der Waals surface area contributed by atoms with Gasteiger partial charge in [-0.2, -0.15) is 0 Å². The van der Waals surface area contributed by atoms with Gasteiger partial charge in [-0.1, -0.05) is 63.2 Å². The van der Waals surface area contributed by atoms with Gasteiger partial charge in [-0.15, -0.1) is 11.3 Å². The van der Waals surface area contributed by atoms with Crippen molar-refractivity contribution in [1.29, 1.82) is 0 Å². The van der Waals surface area contributed by atoms with E-state index >= 15 is 0 Å². The van der Waals surface area contributed by atoms with Crippen LogP contribution in [0.5, 0.6) is 0 Å². The molecule has 0 spiro atoms. The largest absolute Gasteiger partial charge is 0.341 e. The Morgan fingerprint density at radius 1 is 1.00 bits per heavy atom. The number of rotatable bonds is 5. The third kappa shape index (κ3) is 5.29. The molecule has 3 aromatic rings. The average molecular weight is 408 g/mol. The fourth-order valence-corrected chi connectivity index (χ4v) is 3.48. The van der Waals surface area contributed by atoms with E-state index in [9.17, 15) is 9.59 Å². The van der Waals surface area contributed by atoms with Gasteiger partial charge in [0, 0.05) is 16.5 Å². The molecule has 0 saturated carbocycles. The first-order chi connectivity index (χ1) is 13.7. The fraction of sp³-hybridized carbons (Fsp3) is 0.261. The van der Waals surface area contributed by atoms with Crippen LogP contribution in [0.3, 0.4) is 0 Å². The number of nitrogens with zero attached hydrogens (tertiary/aromatic N) is 1. The lowest BCUT2D eigenvalue weighted by Crippen LogP contribution is -2.41. The van der Waals surface area contributed by atoms with Crippen molar-refractivity contribution in [2.75, 3.05) is 5.32 Å². The number of amides is 2. The molecule has 5 nitrogen and oxygen atoms in total. The van der Waals surface area contributed by atoms with Gasteiger partial charge in [-0.3, -0.25) is 9.59 Å². The molecular formula is C23H25N3O2S. The Bertz CT molecular complexity index is 989. The first-order valence-corrected chi connectivity index (χ1v) is 10.4. The molecule has 3 rings (SSSR count). The van der Waals surface area contributed by atoms with E-state index in [1.807, 2.05) is 47.8 Å². The Kier molecular flexibility index (Phi) is 6.13. The van der Waals surface area contributed by atoms with Gasteiger partial charge in [0.25, 0.3) is 5.91 Å². The Morgan fingerprint density at radius 3 is 2.28 bits per heavy atom. The number of benzene rings is 2. The lowest BCUT2D eigenvalue weighted by molar-refractivity contribution is -0.117. The molecule has 2 amide bonds. The molecule has 0 saturated heterocycles. The summed E-state index contributed by atoms with van der Waals surface area (Å²) >= 11 is 1.35. The van der Waals surface area contributed by atoms with Crippen LogP contribution in [-0.2, 0) is 10.2 Å². The van der Waals surface area contributed by atoms with Crippen LogP contribution in [0.4, 0.5) is 5.13 Å². The van der Waals surface area contributed by atoms with Crippen LogP contribution in [0.25, 0.3) is 11.3 Å². The van der Waals surface area contributed by atoms with Crippen LogP contribution in [0.1, 0.15) is 43.6 Å². The topological polar surface area (TPSA) is 71.1 Å². The van der Waals surface area contributed by atoms with Crippen molar-refractivity contribution < 1.29 is 9.59 Å². The van der Waals surface area contributed by atoms with Crippen LogP contribution < -0.4 is 10.6 Å². The highest BCUT2D eigenvalue weighted by atomic mass is 32.1. The quantitative estimate of drug-likeness (QED) is 0.634. The van der Waals surface area contributed by atoms with Crippen molar-refractivity contribution >= 4 is 28.3 Å². The number of aromatic nitrogens is 1. The second-order valence-corrected chi connectivity index (χ2v) is 8.77. The van der Waals surface area contributed by atoms with Gasteiger partial charge in [0.1, 0.15) is 6.04 Å². The van der Waals surface area contributed by atoms with Gasteiger partial charge in [0.2, 0.25) is 5.91 Å². The summed E-state index contributed by atoms with van der Waals surface area (Å²) in [4.78, 5) is 29.4. The average Bonchev–Trinajstić information content (AvgIpc) is 3.16. The standard InChI is InChI=1S/C23H25N3O2S/c1-15(24-21(28)17-10-12-18(13-11-17)23(2,3)4)20(27)26-22-25-19(14-29-22)16-8-6-5-7-9-16/h5-15H,1-4H3,(H,24,28)(H,25,26,27)/t15-/m1/s1. The molecule has 29 heavy (non-hydrogen) atoms. The molecule has 0 aliphatic carbocycles. The zero-order valence-electron chi connectivity index (χ0n) is 17.0. The summed E-state index contributed by atoms with van der Waals surface area (Å²) in [5, 5.41) is 7.91. The molecule has 0 radical (unpaired) electrons. The molecule has 0 aliphatic rings. The number of nitrogens with one attached hydrogen (secondary N) is 2. The third-order valence-electron chi connectivity index (χ3n) is 4.56. The van der Waals surface area contributed by atoms with Crippen LogP contribution in [0.15, 0.2) is 60.0 Å². The van der Waals surface area contributed by atoms with Gasteiger partial charge in [0.15, 0.2) is 5.13 Å². The van der Waals surface area contributed by atoms with E-state index in [2.05, 4.69) is 36.4 Å². The number of hydrogen-bond donors (Lipinski definition) is 2. The molecule has 2 N–H and O–H groups in total. The second kappa shape index (κ2) is 8.57. The first kappa shape index (κ1) is 20.7. The van der Waals surface area contributed by atoms with E-state index in [1.54, 1.807) is 19.1 Å². The second-order valence-electron chi connectivity index (χ2n) is 7.92. The highest BCUT2D eigenvalue weighted by Crippen LogP contribution is 2.25. The van der Waals surface area contributed by atoms with Gasteiger partial charge in [-0.25, -0.2) is 4.98 Å². The van der Waals surface area contributed by atoms with E-state index in [0.717, 1.165) is 16.8 Å². The fourth-order valence-electron chi connectivity index (χ4n) is 2.75. The molecule has 0 aliphatic heterocycles. The van der Waals surface area contributed by atoms with Crippen molar-refractivity contribution in [3.63, 3.8) is 0 Å². The van der Waals surface area contributed by atoms with Gasteiger partial charge in [0.05, 0.1) is 5.69 Å². The third-order valence-corrected chi connectivity index (χ3v) is 5.32. The van der Waals surface area contributed by atoms with Crippen molar-refractivity contribution in [1.82, 2.24) is 10.3 Å². The molecule has 150 valence electrons. The van der Waals surface area contributed by atoms with Crippen LogP contribution in [0.2, 0.25) is 0 Å². The van der Waals surface area contributed by atoms with E-state index in [0.29, 0.717) is 10.7 Å². The normalized spacial score (nSPS) is 12.3. The highest BCUT2D eigenvalue weighted by Gasteiger charge is 2.19. The minimum atomic E-state index is -0.686. The summed E-state index contributed by atoms with van der Waals surface area (Å²) in [7, 11) is 0. The summed E-state index contributed by atoms with van der Waals surface area (Å²) in [6.07, 6.45) is 0. The van der Waals surface area contributed by atoms with Gasteiger partial charge in [-0.05, 0) is 30.0 Å². The molecule has 6 heteroatoms. The molecule has 0 fully saturated rings. The Hall–Kier alpha value is -2.99. The van der Waals surface area contributed by atoms with E-state index in [4.69, 9.17) is 0 Å². The zero-order valence-corrected chi connectivity index (χ0v) is 17.8. The van der Waals surface area contributed by atoms with Crippen LogP contribution in [0, 0.1) is 0 Å². The first-order valence-electron chi connectivity index (χ1n) is 9.47. The maximum absolute atomic E-state index is 12.5.